The van der Waals surface area contributed by atoms with Crippen LogP contribution < -0.4 is 0 Å². The second kappa shape index (κ2) is 8.42. The van der Waals surface area contributed by atoms with Crippen molar-refractivity contribution in [3.63, 3.8) is 0 Å². The maximum absolute atomic E-state index is 13.5. The van der Waals surface area contributed by atoms with Crippen LogP contribution in [0.2, 0.25) is 0 Å². The molecule has 0 aliphatic heterocycles. The van der Waals surface area contributed by atoms with Crippen molar-refractivity contribution in [1.82, 2.24) is 4.90 Å². The molecule has 150 valence electrons. The average molecular weight is 396 g/mol. The minimum atomic E-state index is -3.93. The van der Waals surface area contributed by atoms with E-state index in [-0.39, 0.29) is 23.6 Å². The van der Waals surface area contributed by atoms with Crippen molar-refractivity contribution in [2.75, 3.05) is 19.7 Å². The molecule has 0 bridgehead atoms. The van der Waals surface area contributed by atoms with E-state index in [1.165, 1.54) is 0 Å². The number of sulfone groups is 1. The monoisotopic (exact) mass is 395 g/mol. The minimum Gasteiger partial charge on any atom is -0.454 e. The van der Waals surface area contributed by atoms with Crippen molar-refractivity contribution in [2.24, 2.45) is 0 Å². The number of benzene rings is 1. The van der Waals surface area contributed by atoms with Gasteiger partial charge in [-0.15, -0.1) is 0 Å². The van der Waals surface area contributed by atoms with Gasteiger partial charge in [0, 0.05) is 13.1 Å². The first kappa shape index (κ1) is 21.4. The first-order valence-electron chi connectivity index (χ1n) is 9.46. The fourth-order valence-corrected chi connectivity index (χ4v) is 6.02. The van der Waals surface area contributed by atoms with Crippen LogP contribution in [0.4, 0.5) is 0 Å². The third-order valence-electron chi connectivity index (χ3n) is 5.37. The largest absolute Gasteiger partial charge is 0.454 e. The Morgan fingerprint density at radius 1 is 1.11 bits per heavy atom. The first-order valence-corrected chi connectivity index (χ1v) is 10.9. The molecule has 2 rings (SSSR count). The standard InChI is InChI=1S/C20H29NO5S/c1-5-21(6-2)18(22)14-26-19(23)20(11-7-8-12-20)27(24,25)17-13-15(3)9-10-16(17)4/h9-10,13H,5-8,11-12,14H2,1-4H3. The molecule has 1 saturated carbocycles. The number of amides is 1. The zero-order valence-electron chi connectivity index (χ0n) is 16.6. The van der Waals surface area contributed by atoms with Gasteiger partial charge in [0.1, 0.15) is 0 Å². The van der Waals surface area contributed by atoms with Crippen molar-refractivity contribution in [2.45, 2.75) is 63.0 Å². The van der Waals surface area contributed by atoms with E-state index in [0.717, 1.165) is 5.56 Å². The lowest BCUT2D eigenvalue weighted by Crippen LogP contribution is -2.46. The van der Waals surface area contributed by atoms with Crippen molar-refractivity contribution in [1.29, 1.82) is 0 Å². The molecule has 0 N–H and O–H groups in total. The quantitative estimate of drug-likeness (QED) is 0.663. The summed E-state index contributed by atoms with van der Waals surface area (Å²) in [6.45, 7) is 7.83. The van der Waals surface area contributed by atoms with Crippen LogP contribution in [0.5, 0.6) is 0 Å². The predicted octanol–water partition coefficient (Wildman–Crippen LogP) is 2.80. The highest BCUT2D eigenvalue weighted by Gasteiger charge is 2.54. The Bertz CT molecular complexity index is 806. The molecule has 0 heterocycles. The number of carbonyl (C=O) groups excluding carboxylic acids is 2. The molecular weight excluding hydrogens is 366 g/mol. The minimum absolute atomic E-state index is 0.177. The van der Waals surface area contributed by atoms with Gasteiger partial charge >= 0.3 is 5.97 Å². The molecule has 6 nitrogen and oxygen atoms in total. The highest BCUT2D eigenvalue weighted by Crippen LogP contribution is 2.42. The number of likely N-dealkylation sites (N-methyl/N-ethyl adjacent to an activating group) is 1. The molecule has 7 heteroatoms. The third kappa shape index (κ3) is 4.03. The van der Waals surface area contributed by atoms with E-state index in [1.807, 2.05) is 26.8 Å². The Morgan fingerprint density at radius 2 is 1.70 bits per heavy atom. The van der Waals surface area contributed by atoms with Crippen LogP contribution in [0.25, 0.3) is 0 Å². The number of esters is 1. The van der Waals surface area contributed by atoms with Gasteiger partial charge in [-0.2, -0.15) is 0 Å². The molecular formula is C20H29NO5S. The average Bonchev–Trinajstić information content (AvgIpc) is 3.14. The van der Waals surface area contributed by atoms with Crippen LogP contribution in [0.1, 0.15) is 50.7 Å². The molecule has 0 radical (unpaired) electrons. The Morgan fingerprint density at radius 3 is 2.26 bits per heavy atom. The summed E-state index contributed by atoms with van der Waals surface area (Å²) >= 11 is 0. The van der Waals surface area contributed by atoms with Gasteiger partial charge in [0.15, 0.2) is 21.2 Å². The first-order chi connectivity index (χ1) is 12.7. The molecule has 0 saturated heterocycles. The normalized spacial score (nSPS) is 16.1. The third-order valence-corrected chi connectivity index (χ3v) is 8.00. The maximum atomic E-state index is 13.5. The number of nitrogens with zero attached hydrogens (tertiary/aromatic N) is 1. The van der Waals surface area contributed by atoms with Crippen LogP contribution in [0, 0.1) is 13.8 Å². The predicted molar refractivity (Wildman–Crippen MR) is 103 cm³/mol. The molecule has 1 fully saturated rings. The summed E-state index contributed by atoms with van der Waals surface area (Å²) < 4.78 is 30.6. The highest BCUT2D eigenvalue weighted by atomic mass is 32.2. The van der Waals surface area contributed by atoms with Gasteiger partial charge in [-0.3, -0.25) is 9.59 Å². The molecule has 27 heavy (non-hydrogen) atoms. The number of carbonyl (C=O) groups is 2. The smallest absolute Gasteiger partial charge is 0.328 e. The SMILES string of the molecule is CCN(CC)C(=O)COC(=O)C1(S(=O)(=O)c2cc(C)ccc2C)CCCC1. The van der Waals surface area contributed by atoms with Gasteiger partial charge in [-0.05, 0) is 57.7 Å². The summed E-state index contributed by atoms with van der Waals surface area (Å²) in [4.78, 5) is 26.8. The summed E-state index contributed by atoms with van der Waals surface area (Å²) in [7, 11) is -3.93. The van der Waals surface area contributed by atoms with Crippen molar-refractivity contribution in [3.05, 3.63) is 29.3 Å². The number of hydrogen-bond donors (Lipinski definition) is 0. The van der Waals surface area contributed by atoms with Gasteiger partial charge in [0.05, 0.1) is 4.90 Å². The summed E-state index contributed by atoms with van der Waals surface area (Å²) in [5.74, 6) is -1.12. The second-order valence-corrected chi connectivity index (χ2v) is 9.34. The molecule has 1 aliphatic rings. The lowest BCUT2D eigenvalue weighted by atomic mass is 10.1. The molecule has 0 unspecified atom stereocenters. The fraction of sp³-hybridized carbons (Fsp3) is 0.600. The lowest BCUT2D eigenvalue weighted by Gasteiger charge is -2.28. The number of aryl methyl sites for hydroxylation is 2. The maximum Gasteiger partial charge on any atom is 0.328 e. The Kier molecular flexibility index (Phi) is 6.68. The fourth-order valence-electron chi connectivity index (χ4n) is 3.66. The molecule has 0 spiro atoms. The van der Waals surface area contributed by atoms with Crippen LogP contribution in [-0.2, 0) is 24.2 Å². The summed E-state index contributed by atoms with van der Waals surface area (Å²) in [5.41, 5.74) is 1.43. The summed E-state index contributed by atoms with van der Waals surface area (Å²) in [6.07, 6.45) is 1.73. The Hall–Kier alpha value is -1.89. The van der Waals surface area contributed by atoms with Crippen LogP contribution in [0.3, 0.4) is 0 Å². The second-order valence-electron chi connectivity index (χ2n) is 7.12. The van der Waals surface area contributed by atoms with Crippen LogP contribution in [0.15, 0.2) is 23.1 Å². The lowest BCUT2D eigenvalue weighted by molar-refractivity contribution is -0.154. The van der Waals surface area contributed by atoms with E-state index in [9.17, 15) is 18.0 Å². The van der Waals surface area contributed by atoms with Gasteiger partial charge in [0.25, 0.3) is 5.91 Å². The van der Waals surface area contributed by atoms with Crippen molar-refractivity contribution >= 4 is 21.7 Å². The molecule has 0 atom stereocenters. The molecule has 1 amide bonds. The van der Waals surface area contributed by atoms with E-state index >= 15 is 0 Å². The van der Waals surface area contributed by atoms with E-state index in [4.69, 9.17) is 4.74 Å². The van der Waals surface area contributed by atoms with E-state index in [2.05, 4.69) is 0 Å². The zero-order valence-corrected chi connectivity index (χ0v) is 17.4. The van der Waals surface area contributed by atoms with E-state index in [1.54, 1.807) is 24.0 Å². The molecule has 1 aromatic carbocycles. The topological polar surface area (TPSA) is 80.8 Å². The zero-order chi connectivity index (χ0) is 20.2. The van der Waals surface area contributed by atoms with Crippen molar-refractivity contribution in [3.8, 4) is 0 Å². The van der Waals surface area contributed by atoms with Gasteiger partial charge < -0.3 is 9.64 Å². The molecule has 1 aliphatic carbocycles. The highest BCUT2D eigenvalue weighted by molar-refractivity contribution is 7.93. The van der Waals surface area contributed by atoms with Gasteiger partial charge in [-0.1, -0.05) is 25.0 Å². The number of ether oxygens (including phenoxy) is 1. The summed E-state index contributed by atoms with van der Waals surface area (Å²) in [5, 5.41) is 0. The van der Waals surface area contributed by atoms with Gasteiger partial charge in [0.2, 0.25) is 0 Å². The number of rotatable bonds is 7. The van der Waals surface area contributed by atoms with E-state index < -0.39 is 27.2 Å². The van der Waals surface area contributed by atoms with Crippen LogP contribution in [-0.4, -0.2) is 49.6 Å². The summed E-state index contributed by atoms with van der Waals surface area (Å²) in [6, 6.07) is 5.20. The molecule has 0 aromatic heterocycles. The van der Waals surface area contributed by atoms with Crippen molar-refractivity contribution < 1.29 is 22.7 Å². The Balaban J connectivity index is 2.33. The van der Waals surface area contributed by atoms with E-state index in [0.29, 0.717) is 31.5 Å². The molecule has 1 aromatic rings. The Labute approximate surface area is 161 Å². The van der Waals surface area contributed by atoms with Crippen LogP contribution >= 0.6 is 0 Å². The number of hydrogen-bond acceptors (Lipinski definition) is 5. The van der Waals surface area contributed by atoms with Gasteiger partial charge in [-0.25, -0.2) is 8.42 Å².